The molecule has 2 atom stereocenters. The summed E-state index contributed by atoms with van der Waals surface area (Å²) in [6, 6.07) is 0.788. The maximum absolute atomic E-state index is 4.94. The Morgan fingerprint density at radius 3 is 2.60 bits per heavy atom. The summed E-state index contributed by atoms with van der Waals surface area (Å²) < 4.78 is 0. The molecule has 3 aliphatic rings. The summed E-state index contributed by atoms with van der Waals surface area (Å²) in [5, 5.41) is 4.94. The highest BCUT2D eigenvalue weighted by molar-refractivity contribution is 7.15. The lowest BCUT2D eigenvalue weighted by Crippen LogP contribution is -2.20. The van der Waals surface area contributed by atoms with Crippen LogP contribution in [0.25, 0.3) is 0 Å². The average molecular weight is 291 g/mol. The first-order chi connectivity index (χ1) is 9.83. The molecule has 0 bridgehead atoms. The molecule has 4 heteroatoms. The van der Waals surface area contributed by atoms with Crippen LogP contribution in [0.3, 0.4) is 0 Å². The minimum atomic E-state index is 0.788. The first-order valence-corrected chi connectivity index (χ1v) is 9.12. The largest absolute Gasteiger partial charge is 0.348 e. The topological polar surface area (TPSA) is 28.2 Å². The summed E-state index contributed by atoms with van der Waals surface area (Å²) in [6.07, 6.45) is 8.15. The molecule has 2 unspecified atom stereocenters. The molecular formula is C16H25N3S. The van der Waals surface area contributed by atoms with E-state index < -0.39 is 0 Å². The van der Waals surface area contributed by atoms with Crippen molar-refractivity contribution in [2.75, 3.05) is 18.0 Å². The van der Waals surface area contributed by atoms with Crippen molar-refractivity contribution < 1.29 is 0 Å². The second-order valence-electron chi connectivity index (χ2n) is 6.73. The summed E-state index contributed by atoms with van der Waals surface area (Å²) in [6.45, 7) is 5.79. The van der Waals surface area contributed by atoms with Gasteiger partial charge in [-0.1, -0.05) is 13.3 Å². The Labute approximate surface area is 125 Å². The van der Waals surface area contributed by atoms with Crippen molar-refractivity contribution in [2.45, 2.75) is 58.0 Å². The van der Waals surface area contributed by atoms with Gasteiger partial charge in [-0.05, 0) is 43.9 Å². The summed E-state index contributed by atoms with van der Waals surface area (Å²) in [5.41, 5.74) is 1.33. The highest BCUT2D eigenvalue weighted by Gasteiger charge is 2.37. The zero-order chi connectivity index (χ0) is 13.5. The van der Waals surface area contributed by atoms with Gasteiger partial charge < -0.3 is 10.2 Å². The number of hydrogen-bond donors (Lipinski definition) is 1. The number of aromatic nitrogens is 1. The monoisotopic (exact) mass is 291 g/mol. The Hall–Kier alpha value is -0.610. The van der Waals surface area contributed by atoms with Gasteiger partial charge in [-0.15, -0.1) is 11.3 Å². The van der Waals surface area contributed by atoms with Gasteiger partial charge in [0.25, 0.3) is 0 Å². The van der Waals surface area contributed by atoms with Crippen LogP contribution in [0.4, 0.5) is 5.13 Å². The van der Waals surface area contributed by atoms with Crippen LogP contribution in [-0.2, 0) is 13.0 Å². The van der Waals surface area contributed by atoms with Crippen LogP contribution in [0.2, 0.25) is 0 Å². The Balaban J connectivity index is 1.47. The van der Waals surface area contributed by atoms with Crippen LogP contribution in [0.15, 0.2) is 0 Å². The molecule has 0 radical (unpaired) electrons. The van der Waals surface area contributed by atoms with Gasteiger partial charge in [0.15, 0.2) is 5.13 Å². The van der Waals surface area contributed by atoms with Gasteiger partial charge in [-0.2, -0.15) is 0 Å². The van der Waals surface area contributed by atoms with Gasteiger partial charge in [0.2, 0.25) is 0 Å². The molecule has 2 heterocycles. The standard InChI is InChI=1S/C16H25N3S/c1-2-14-15(8-17-13-6-7-13)20-16(18-14)19-9-11-4-3-5-12(11)10-19/h11-13,17H,2-10H2,1H3. The van der Waals surface area contributed by atoms with Crippen LogP contribution in [0.1, 0.15) is 49.6 Å². The molecule has 0 aromatic carbocycles. The van der Waals surface area contributed by atoms with E-state index in [4.69, 9.17) is 4.98 Å². The van der Waals surface area contributed by atoms with Crippen molar-refractivity contribution >= 4 is 16.5 Å². The van der Waals surface area contributed by atoms with Gasteiger partial charge in [-0.25, -0.2) is 4.98 Å². The fourth-order valence-electron chi connectivity index (χ4n) is 3.84. The third-order valence-electron chi connectivity index (χ3n) is 5.23. The van der Waals surface area contributed by atoms with E-state index in [1.165, 1.54) is 60.9 Å². The lowest BCUT2D eigenvalue weighted by molar-refractivity contribution is 0.494. The van der Waals surface area contributed by atoms with E-state index in [2.05, 4.69) is 17.1 Å². The number of nitrogens with one attached hydrogen (secondary N) is 1. The summed E-state index contributed by atoms with van der Waals surface area (Å²) in [7, 11) is 0. The maximum Gasteiger partial charge on any atom is 0.185 e. The third-order valence-corrected chi connectivity index (χ3v) is 6.39. The van der Waals surface area contributed by atoms with Gasteiger partial charge in [0.1, 0.15) is 0 Å². The van der Waals surface area contributed by atoms with E-state index in [9.17, 15) is 0 Å². The van der Waals surface area contributed by atoms with Gasteiger partial charge in [-0.3, -0.25) is 0 Å². The van der Waals surface area contributed by atoms with Gasteiger partial charge >= 0.3 is 0 Å². The molecule has 1 saturated heterocycles. The van der Waals surface area contributed by atoms with Crippen LogP contribution in [-0.4, -0.2) is 24.1 Å². The molecule has 1 aliphatic heterocycles. The molecule has 0 amide bonds. The second kappa shape index (κ2) is 5.30. The fourth-order valence-corrected chi connectivity index (χ4v) is 4.95. The number of hydrogen-bond acceptors (Lipinski definition) is 4. The van der Waals surface area contributed by atoms with E-state index in [1.807, 2.05) is 11.3 Å². The normalized spacial score (nSPS) is 29.1. The number of fused-ring (bicyclic) bond motifs is 1. The zero-order valence-corrected chi connectivity index (χ0v) is 13.2. The predicted octanol–water partition coefficient (Wildman–Crippen LogP) is 3.19. The molecule has 2 saturated carbocycles. The van der Waals surface area contributed by atoms with Crippen LogP contribution in [0, 0.1) is 11.8 Å². The van der Waals surface area contributed by atoms with E-state index in [0.29, 0.717) is 0 Å². The number of aryl methyl sites for hydroxylation is 1. The quantitative estimate of drug-likeness (QED) is 0.903. The molecule has 1 aromatic heterocycles. The molecule has 110 valence electrons. The predicted molar refractivity (Wildman–Crippen MR) is 84.4 cm³/mol. The van der Waals surface area contributed by atoms with Crippen molar-refractivity contribution in [1.29, 1.82) is 0 Å². The molecule has 20 heavy (non-hydrogen) atoms. The van der Waals surface area contributed by atoms with Crippen molar-refractivity contribution in [3.8, 4) is 0 Å². The maximum atomic E-state index is 4.94. The Morgan fingerprint density at radius 2 is 1.95 bits per heavy atom. The highest BCUT2D eigenvalue weighted by Crippen LogP contribution is 2.41. The van der Waals surface area contributed by atoms with E-state index in [1.54, 1.807) is 0 Å². The summed E-state index contributed by atoms with van der Waals surface area (Å²) >= 11 is 1.94. The van der Waals surface area contributed by atoms with Crippen LogP contribution >= 0.6 is 11.3 Å². The SMILES string of the molecule is CCc1nc(N2CC3CCCC3C2)sc1CNC1CC1. The van der Waals surface area contributed by atoms with E-state index in [0.717, 1.165) is 30.8 Å². The number of anilines is 1. The molecular weight excluding hydrogens is 266 g/mol. The Morgan fingerprint density at radius 1 is 1.20 bits per heavy atom. The molecule has 3 nitrogen and oxygen atoms in total. The van der Waals surface area contributed by atoms with E-state index >= 15 is 0 Å². The van der Waals surface area contributed by atoms with Crippen molar-refractivity contribution in [3.05, 3.63) is 10.6 Å². The number of rotatable bonds is 5. The van der Waals surface area contributed by atoms with Crippen molar-refractivity contribution in [2.24, 2.45) is 11.8 Å². The van der Waals surface area contributed by atoms with Crippen molar-refractivity contribution in [1.82, 2.24) is 10.3 Å². The Bertz CT molecular complexity index is 468. The average Bonchev–Trinajstić information content (AvgIpc) is 2.87. The van der Waals surface area contributed by atoms with Crippen LogP contribution in [0.5, 0.6) is 0 Å². The molecule has 0 spiro atoms. The summed E-state index contributed by atoms with van der Waals surface area (Å²) in [4.78, 5) is 8.99. The first-order valence-electron chi connectivity index (χ1n) is 8.30. The third kappa shape index (κ3) is 2.48. The molecule has 1 aromatic rings. The highest BCUT2D eigenvalue weighted by atomic mass is 32.1. The smallest absolute Gasteiger partial charge is 0.185 e. The lowest BCUT2D eigenvalue weighted by atomic mass is 10.0. The molecule has 3 fully saturated rings. The van der Waals surface area contributed by atoms with E-state index in [-0.39, 0.29) is 0 Å². The number of thiazole rings is 1. The molecule has 2 aliphatic carbocycles. The lowest BCUT2D eigenvalue weighted by Gasteiger charge is -2.15. The minimum absolute atomic E-state index is 0.788. The molecule has 4 rings (SSSR count). The summed E-state index contributed by atoms with van der Waals surface area (Å²) in [5.74, 6) is 1.91. The van der Waals surface area contributed by atoms with Crippen molar-refractivity contribution in [3.63, 3.8) is 0 Å². The zero-order valence-electron chi connectivity index (χ0n) is 12.4. The number of nitrogens with zero attached hydrogens (tertiary/aromatic N) is 2. The second-order valence-corrected chi connectivity index (χ2v) is 7.79. The first kappa shape index (κ1) is 13.1. The Kier molecular flexibility index (Phi) is 3.47. The van der Waals surface area contributed by atoms with Gasteiger partial charge in [0, 0.05) is 30.6 Å². The minimum Gasteiger partial charge on any atom is -0.348 e. The van der Waals surface area contributed by atoms with Gasteiger partial charge in [0.05, 0.1) is 5.69 Å². The fraction of sp³-hybridized carbons (Fsp3) is 0.812. The van der Waals surface area contributed by atoms with Crippen LogP contribution < -0.4 is 10.2 Å². The molecule has 1 N–H and O–H groups in total.